The zero-order valence-electron chi connectivity index (χ0n) is 11.1. The Kier molecular flexibility index (Phi) is 4.08. The van der Waals surface area contributed by atoms with Crippen molar-refractivity contribution in [3.8, 4) is 11.1 Å². The Balaban J connectivity index is 2.46. The van der Waals surface area contributed by atoms with E-state index in [4.69, 9.17) is 0 Å². The molecule has 6 heteroatoms. The highest BCUT2D eigenvalue weighted by atomic mass is 16.6. The number of hydrogen-bond donors (Lipinski definition) is 0. The summed E-state index contributed by atoms with van der Waals surface area (Å²) in [5, 5.41) is 10.9. The molecule has 0 fully saturated rings. The van der Waals surface area contributed by atoms with Crippen molar-refractivity contribution in [2.45, 2.75) is 0 Å². The standard InChI is InChI=1S/C15H11NO5/c1-21-15(18)12-4-2-11(3-5-12)13-6-10(9-17)7-14(8-13)16(19)20/h2-9H,1H3. The summed E-state index contributed by atoms with van der Waals surface area (Å²) < 4.78 is 4.59. The van der Waals surface area contributed by atoms with Gasteiger partial charge in [-0.25, -0.2) is 4.79 Å². The Hall–Kier alpha value is -3.02. The molecule has 0 spiro atoms. The van der Waals surface area contributed by atoms with Crippen molar-refractivity contribution in [2.75, 3.05) is 7.11 Å². The number of rotatable bonds is 4. The zero-order chi connectivity index (χ0) is 15.4. The number of ether oxygens (including phenoxy) is 1. The molecule has 0 heterocycles. The molecule has 0 aromatic heterocycles. The fourth-order valence-electron chi connectivity index (χ4n) is 1.89. The number of methoxy groups -OCH3 is 1. The van der Waals surface area contributed by atoms with E-state index in [0.29, 0.717) is 23.0 Å². The van der Waals surface area contributed by atoms with E-state index in [1.807, 2.05) is 0 Å². The van der Waals surface area contributed by atoms with Gasteiger partial charge in [0.05, 0.1) is 17.6 Å². The molecule has 0 bridgehead atoms. The summed E-state index contributed by atoms with van der Waals surface area (Å²) in [5.74, 6) is -0.464. The number of nitro groups is 1. The molecule has 0 radical (unpaired) electrons. The van der Waals surface area contributed by atoms with Crippen molar-refractivity contribution in [3.63, 3.8) is 0 Å². The van der Waals surface area contributed by atoms with Gasteiger partial charge in [0, 0.05) is 17.7 Å². The topological polar surface area (TPSA) is 86.5 Å². The summed E-state index contributed by atoms with van der Waals surface area (Å²) >= 11 is 0. The maximum atomic E-state index is 11.3. The molecule has 2 rings (SSSR count). The first-order valence-corrected chi connectivity index (χ1v) is 5.98. The number of hydrogen-bond acceptors (Lipinski definition) is 5. The molecule has 2 aromatic carbocycles. The average Bonchev–Trinajstić information content (AvgIpc) is 2.53. The van der Waals surface area contributed by atoms with Gasteiger partial charge in [-0.15, -0.1) is 0 Å². The van der Waals surface area contributed by atoms with Gasteiger partial charge in [0.25, 0.3) is 5.69 Å². The van der Waals surface area contributed by atoms with Crippen molar-refractivity contribution in [1.29, 1.82) is 0 Å². The lowest BCUT2D eigenvalue weighted by atomic mass is 10.0. The molecule has 0 amide bonds. The third-order valence-electron chi connectivity index (χ3n) is 2.93. The van der Waals surface area contributed by atoms with Crippen molar-refractivity contribution in [2.24, 2.45) is 0 Å². The molecule has 0 saturated carbocycles. The first kappa shape index (κ1) is 14.4. The minimum absolute atomic E-state index is 0.161. The lowest BCUT2D eigenvalue weighted by Gasteiger charge is -2.04. The average molecular weight is 285 g/mol. The molecule has 0 aliphatic carbocycles. The molecule has 0 aliphatic rings. The number of non-ortho nitro benzene ring substituents is 1. The van der Waals surface area contributed by atoms with Crippen LogP contribution in [-0.4, -0.2) is 24.3 Å². The monoisotopic (exact) mass is 285 g/mol. The lowest BCUT2D eigenvalue weighted by Crippen LogP contribution is -2.00. The number of benzene rings is 2. The Morgan fingerprint density at radius 1 is 1.14 bits per heavy atom. The van der Waals surface area contributed by atoms with Crippen molar-refractivity contribution >= 4 is 17.9 Å². The number of nitrogens with zero attached hydrogens (tertiary/aromatic N) is 1. The van der Waals surface area contributed by atoms with Crippen LogP contribution in [0.15, 0.2) is 42.5 Å². The van der Waals surface area contributed by atoms with E-state index in [0.717, 1.165) is 0 Å². The minimum Gasteiger partial charge on any atom is -0.465 e. The number of nitro benzene ring substituents is 1. The van der Waals surface area contributed by atoms with Crippen LogP contribution >= 0.6 is 0 Å². The van der Waals surface area contributed by atoms with Crippen LogP contribution in [0.3, 0.4) is 0 Å². The van der Waals surface area contributed by atoms with Gasteiger partial charge in [0.1, 0.15) is 6.29 Å². The summed E-state index contributed by atoms with van der Waals surface area (Å²) in [6, 6.07) is 10.5. The third-order valence-corrected chi connectivity index (χ3v) is 2.93. The Bertz CT molecular complexity index is 707. The molecule has 21 heavy (non-hydrogen) atoms. The third kappa shape index (κ3) is 3.11. The van der Waals surface area contributed by atoms with Crippen molar-refractivity contribution in [1.82, 2.24) is 0 Å². The van der Waals surface area contributed by atoms with E-state index >= 15 is 0 Å². The molecular weight excluding hydrogens is 274 g/mol. The van der Waals surface area contributed by atoms with Gasteiger partial charge in [-0.3, -0.25) is 14.9 Å². The van der Waals surface area contributed by atoms with Gasteiger partial charge in [-0.05, 0) is 29.3 Å². The highest BCUT2D eigenvalue weighted by Crippen LogP contribution is 2.26. The van der Waals surface area contributed by atoms with Crippen LogP contribution in [0.2, 0.25) is 0 Å². The second kappa shape index (κ2) is 5.96. The van der Waals surface area contributed by atoms with Crippen LogP contribution < -0.4 is 0 Å². The van der Waals surface area contributed by atoms with Crippen LogP contribution in [0.1, 0.15) is 20.7 Å². The predicted molar refractivity (Wildman–Crippen MR) is 75.3 cm³/mol. The van der Waals surface area contributed by atoms with Crippen LogP contribution in [0.4, 0.5) is 5.69 Å². The van der Waals surface area contributed by atoms with Crippen LogP contribution in [0, 0.1) is 10.1 Å². The van der Waals surface area contributed by atoms with Gasteiger partial charge in [-0.2, -0.15) is 0 Å². The Morgan fingerprint density at radius 2 is 1.81 bits per heavy atom. The van der Waals surface area contributed by atoms with Crippen molar-refractivity contribution in [3.05, 3.63) is 63.7 Å². The number of aldehydes is 1. The maximum absolute atomic E-state index is 11.3. The van der Waals surface area contributed by atoms with Crippen LogP contribution in [0.25, 0.3) is 11.1 Å². The summed E-state index contributed by atoms with van der Waals surface area (Å²) in [5.41, 5.74) is 1.63. The quantitative estimate of drug-likeness (QED) is 0.373. The van der Waals surface area contributed by atoms with E-state index in [-0.39, 0.29) is 11.3 Å². The Morgan fingerprint density at radius 3 is 2.33 bits per heavy atom. The second-order valence-electron chi connectivity index (χ2n) is 4.26. The van der Waals surface area contributed by atoms with E-state index in [9.17, 15) is 19.7 Å². The molecule has 0 unspecified atom stereocenters. The summed E-state index contributed by atoms with van der Waals surface area (Å²) in [6.07, 6.45) is 0.555. The molecule has 6 nitrogen and oxygen atoms in total. The molecule has 0 saturated heterocycles. The fraction of sp³-hybridized carbons (Fsp3) is 0.0667. The molecule has 0 atom stereocenters. The molecular formula is C15H11NO5. The van der Waals surface area contributed by atoms with E-state index in [2.05, 4.69) is 4.74 Å². The second-order valence-corrected chi connectivity index (χ2v) is 4.26. The Labute approximate surface area is 120 Å². The SMILES string of the molecule is COC(=O)c1ccc(-c2cc(C=O)cc([N+](=O)[O-])c2)cc1. The highest BCUT2D eigenvalue weighted by molar-refractivity contribution is 5.90. The van der Waals surface area contributed by atoms with Crippen LogP contribution in [0.5, 0.6) is 0 Å². The highest BCUT2D eigenvalue weighted by Gasteiger charge is 2.11. The molecule has 0 N–H and O–H groups in total. The smallest absolute Gasteiger partial charge is 0.337 e. The van der Waals surface area contributed by atoms with Crippen molar-refractivity contribution < 1.29 is 19.2 Å². The lowest BCUT2D eigenvalue weighted by molar-refractivity contribution is -0.384. The minimum atomic E-state index is -0.556. The van der Waals surface area contributed by atoms with E-state index < -0.39 is 10.9 Å². The first-order valence-electron chi connectivity index (χ1n) is 5.98. The fourth-order valence-corrected chi connectivity index (χ4v) is 1.89. The van der Waals surface area contributed by atoms with Gasteiger partial charge < -0.3 is 4.74 Å². The predicted octanol–water partition coefficient (Wildman–Crippen LogP) is 2.86. The summed E-state index contributed by atoms with van der Waals surface area (Å²) in [4.78, 5) is 32.5. The normalized spacial score (nSPS) is 9.95. The molecule has 2 aromatic rings. The number of carbonyl (C=O) groups excluding carboxylic acids is 2. The first-order chi connectivity index (χ1) is 10.0. The van der Waals surface area contributed by atoms with Gasteiger partial charge in [0.15, 0.2) is 0 Å². The zero-order valence-corrected chi connectivity index (χ0v) is 11.1. The molecule has 106 valence electrons. The van der Waals surface area contributed by atoms with E-state index in [1.165, 1.54) is 19.2 Å². The molecule has 0 aliphatic heterocycles. The number of carbonyl (C=O) groups is 2. The van der Waals surface area contributed by atoms with Gasteiger partial charge in [-0.1, -0.05) is 12.1 Å². The van der Waals surface area contributed by atoms with Crippen LogP contribution in [-0.2, 0) is 4.74 Å². The largest absolute Gasteiger partial charge is 0.465 e. The summed E-state index contributed by atoms with van der Waals surface area (Å²) in [6.45, 7) is 0. The number of esters is 1. The maximum Gasteiger partial charge on any atom is 0.337 e. The van der Waals surface area contributed by atoms with Gasteiger partial charge in [0.2, 0.25) is 0 Å². The van der Waals surface area contributed by atoms with Gasteiger partial charge >= 0.3 is 5.97 Å². The van der Waals surface area contributed by atoms with E-state index in [1.54, 1.807) is 30.3 Å². The summed E-state index contributed by atoms with van der Waals surface area (Å²) in [7, 11) is 1.28.